The molecule has 26 heavy (non-hydrogen) atoms. The molecular weight excluding hydrogens is 373 g/mol. The van der Waals surface area contributed by atoms with Crippen LogP contribution in [0.5, 0.6) is 0 Å². The van der Waals surface area contributed by atoms with Gasteiger partial charge in [0.2, 0.25) is 5.82 Å². The van der Waals surface area contributed by atoms with Crippen molar-refractivity contribution in [2.45, 2.75) is 51.0 Å². The second kappa shape index (κ2) is 8.37. The summed E-state index contributed by atoms with van der Waals surface area (Å²) in [6, 6.07) is 7.40. The predicted octanol–water partition coefficient (Wildman–Crippen LogP) is 3.47. The summed E-state index contributed by atoms with van der Waals surface area (Å²) >= 11 is 6.30. The molecule has 1 aromatic carbocycles. The van der Waals surface area contributed by atoms with Crippen LogP contribution in [0.3, 0.4) is 0 Å². The molecule has 0 spiro atoms. The number of carbonyl (C=O) groups is 1. The van der Waals surface area contributed by atoms with Crippen molar-refractivity contribution in [2.75, 3.05) is 6.54 Å². The number of benzene rings is 1. The van der Waals surface area contributed by atoms with Gasteiger partial charge in [-0.1, -0.05) is 50.4 Å². The number of aromatic nitrogens is 3. The Bertz CT molecular complexity index is 769. The maximum absolute atomic E-state index is 12.7. The molecule has 1 aliphatic rings. The maximum Gasteiger partial charge on any atom is 0.291 e. The molecule has 3 rings (SSSR count). The van der Waals surface area contributed by atoms with Crippen molar-refractivity contribution < 1.29 is 4.79 Å². The van der Waals surface area contributed by atoms with Gasteiger partial charge >= 0.3 is 0 Å². The van der Waals surface area contributed by atoms with Gasteiger partial charge in [0.1, 0.15) is 5.82 Å². The van der Waals surface area contributed by atoms with Gasteiger partial charge in [-0.25, -0.2) is 9.67 Å². The van der Waals surface area contributed by atoms with Gasteiger partial charge in [0, 0.05) is 12.5 Å². The van der Waals surface area contributed by atoms with E-state index in [0.717, 1.165) is 25.7 Å². The lowest BCUT2D eigenvalue weighted by molar-refractivity contribution is 0.0892. The Morgan fingerprint density at radius 2 is 2.00 bits per heavy atom. The Hall–Kier alpha value is -1.63. The Morgan fingerprint density at radius 1 is 1.35 bits per heavy atom. The first-order chi connectivity index (χ1) is 12.0. The van der Waals surface area contributed by atoms with Crippen molar-refractivity contribution in [3.8, 4) is 5.69 Å². The van der Waals surface area contributed by atoms with Crippen molar-refractivity contribution in [3.63, 3.8) is 0 Å². The lowest BCUT2D eigenvalue weighted by Crippen LogP contribution is -2.51. The zero-order valence-electron chi connectivity index (χ0n) is 15.0. The summed E-state index contributed by atoms with van der Waals surface area (Å²) in [4.78, 5) is 17.2. The van der Waals surface area contributed by atoms with E-state index in [2.05, 4.69) is 15.4 Å². The summed E-state index contributed by atoms with van der Waals surface area (Å²) in [7, 11) is 0. The Balaban J connectivity index is 0.00000243. The second-order valence-electron chi connectivity index (χ2n) is 6.96. The van der Waals surface area contributed by atoms with Crippen LogP contribution in [0, 0.1) is 0 Å². The minimum atomic E-state index is -0.328. The maximum atomic E-state index is 12.7. The lowest BCUT2D eigenvalue weighted by Gasteiger charge is -2.27. The monoisotopic (exact) mass is 397 g/mol. The fourth-order valence-corrected chi connectivity index (χ4v) is 3.54. The summed E-state index contributed by atoms with van der Waals surface area (Å²) in [6.07, 6.45) is 3.96. The van der Waals surface area contributed by atoms with Crippen LogP contribution in [-0.2, 0) is 0 Å². The highest BCUT2D eigenvalue weighted by atomic mass is 35.5. The number of rotatable bonds is 5. The number of nitrogens with zero attached hydrogens (tertiary/aromatic N) is 3. The quantitative estimate of drug-likeness (QED) is 0.808. The minimum Gasteiger partial charge on any atom is -0.343 e. The molecule has 0 aliphatic heterocycles. The summed E-state index contributed by atoms with van der Waals surface area (Å²) in [5.74, 6) is 0.676. The highest BCUT2D eigenvalue weighted by Gasteiger charge is 2.35. The molecule has 0 bridgehead atoms. The molecule has 1 saturated carbocycles. The number of carbonyl (C=O) groups excluding carboxylic acids is 1. The third-order valence-corrected chi connectivity index (χ3v) is 5.08. The fourth-order valence-electron chi connectivity index (χ4n) is 3.32. The van der Waals surface area contributed by atoms with E-state index in [1.54, 1.807) is 10.7 Å². The van der Waals surface area contributed by atoms with Gasteiger partial charge in [-0.2, -0.15) is 0 Å². The molecule has 2 aromatic rings. The normalized spacial score (nSPS) is 15.7. The van der Waals surface area contributed by atoms with E-state index in [-0.39, 0.29) is 35.6 Å². The molecule has 0 atom stereocenters. The predicted molar refractivity (Wildman–Crippen MR) is 105 cm³/mol. The highest BCUT2D eigenvalue weighted by Crippen LogP contribution is 2.29. The first-order valence-electron chi connectivity index (χ1n) is 8.70. The van der Waals surface area contributed by atoms with E-state index < -0.39 is 0 Å². The molecule has 142 valence electrons. The van der Waals surface area contributed by atoms with Crippen LogP contribution in [0.15, 0.2) is 24.3 Å². The van der Waals surface area contributed by atoms with Crippen LogP contribution in [-0.4, -0.2) is 32.8 Å². The minimum absolute atomic E-state index is 0. The molecule has 3 N–H and O–H groups in total. The molecule has 1 aliphatic carbocycles. The van der Waals surface area contributed by atoms with Crippen molar-refractivity contribution in [3.05, 3.63) is 40.9 Å². The van der Waals surface area contributed by atoms with Gasteiger partial charge < -0.3 is 11.1 Å². The second-order valence-corrected chi connectivity index (χ2v) is 7.36. The third kappa shape index (κ3) is 4.03. The van der Waals surface area contributed by atoms with Crippen molar-refractivity contribution in [2.24, 2.45) is 5.73 Å². The van der Waals surface area contributed by atoms with Gasteiger partial charge in [-0.05, 0) is 25.0 Å². The van der Waals surface area contributed by atoms with Gasteiger partial charge in [0.15, 0.2) is 0 Å². The largest absolute Gasteiger partial charge is 0.343 e. The molecular formula is C18H25Cl2N5O. The molecule has 0 radical (unpaired) electrons. The molecule has 1 aromatic heterocycles. The van der Waals surface area contributed by atoms with Crippen molar-refractivity contribution >= 4 is 29.9 Å². The highest BCUT2D eigenvalue weighted by molar-refractivity contribution is 6.32. The number of nitrogens with two attached hydrogens (primary N) is 1. The SMILES string of the molecule is CC(C)c1nc(C(=O)NC2(CN)CCCC2)nn1-c1ccccc1Cl.Cl. The summed E-state index contributed by atoms with van der Waals surface area (Å²) in [6.45, 7) is 4.45. The van der Waals surface area contributed by atoms with Crippen molar-refractivity contribution in [1.82, 2.24) is 20.1 Å². The molecule has 1 fully saturated rings. The fraction of sp³-hybridized carbons (Fsp3) is 0.500. The average Bonchev–Trinajstić information content (AvgIpc) is 3.23. The zero-order valence-corrected chi connectivity index (χ0v) is 16.6. The Morgan fingerprint density at radius 3 is 2.58 bits per heavy atom. The van der Waals surface area contributed by atoms with E-state index >= 15 is 0 Å². The standard InChI is InChI=1S/C18H24ClN5O.ClH/c1-12(2)16-21-15(17(25)22-18(11-20)9-5-6-10-18)23-24(16)14-8-4-3-7-13(14)19;/h3-4,7-8,12H,5-6,9-11,20H2,1-2H3,(H,22,25);1H. The van der Waals surface area contributed by atoms with Gasteiger partial charge in [-0.3, -0.25) is 4.79 Å². The Labute approximate surface area is 164 Å². The van der Waals surface area contributed by atoms with Crippen LogP contribution < -0.4 is 11.1 Å². The number of halogens is 2. The molecule has 6 nitrogen and oxygen atoms in total. The molecule has 8 heteroatoms. The van der Waals surface area contributed by atoms with Crippen LogP contribution in [0.4, 0.5) is 0 Å². The van der Waals surface area contributed by atoms with Gasteiger partial charge in [0.25, 0.3) is 5.91 Å². The molecule has 1 heterocycles. The first-order valence-corrected chi connectivity index (χ1v) is 9.08. The van der Waals surface area contributed by atoms with Gasteiger partial charge in [-0.15, -0.1) is 17.5 Å². The van der Waals surface area contributed by atoms with Crippen molar-refractivity contribution in [1.29, 1.82) is 0 Å². The number of para-hydroxylation sites is 1. The van der Waals surface area contributed by atoms with Crippen LogP contribution in [0.25, 0.3) is 5.69 Å². The van der Waals surface area contributed by atoms with Crippen LogP contribution >= 0.6 is 24.0 Å². The topological polar surface area (TPSA) is 85.8 Å². The van der Waals surface area contributed by atoms with E-state index in [4.69, 9.17) is 17.3 Å². The zero-order chi connectivity index (χ0) is 18.0. The Kier molecular flexibility index (Phi) is 6.66. The lowest BCUT2D eigenvalue weighted by atomic mass is 9.98. The molecule has 1 amide bonds. The average molecular weight is 398 g/mol. The van der Waals surface area contributed by atoms with E-state index in [9.17, 15) is 4.79 Å². The molecule has 0 unspecified atom stereocenters. The summed E-state index contributed by atoms with van der Waals surface area (Å²) in [5.41, 5.74) is 6.30. The van der Waals surface area contributed by atoms with Crippen LogP contribution in [0.1, 0.15) is 61.9 Å². The van der Waals surface area contributed by atoms with E-state index in [0.29, 0.717) is 23.1 Å². The van der Waals surface area contributed by atoms with Gasteiger partial charge in [0.05, 0.1) is 16.2 Å². The summed E-state index contributed by atoms with van der Waals surface area (Å²) in [5, 5.41) is 8.07. The van der Waals surface area contributed by atoms with E-state index in [1.165, 1.54) is 0 Å². The summed E-state index contributed by atoms with van der Waals surface area (Å²) < 4.78 is 1.66. The number of amides is 1. The first kappa shape index (κ1) is 20.7. The van der Waals surface area contributed by atoms with E-state index in [1.807, 2.05) is 32.0 Å². The third-order valence-electron chi connectivity index (χ3n) is 4.76. The number of hydrogen-bond donors (Lipinski definition) is 2. The smallest absolute Gasteiger partial charge is 0.291 e. The van der Waals surface area contributed by atoms with Crippen LogP contribution in [0.2, 0.25) is 5.02 Å². The molecule has 0 saturated heterocycles. The number of hydrogen-bond acceptors (Lipinski definition) is 4. The number of nitrogens with one attached hydrogen (secondary N) is 1.